The van der Waals surface area contributed by atoms with Gasteiger partial charge in [-0.15, -0.1) is 0 Å². The minimum absolute atomic E-state index is 0.0827. The number of nitrogens with zero attached hydrogens (tertiary/aromatic N) is 1. The van der Waals surface area contributed by atoms with Crippen LogP contribution >= 0.6 is 43.5 Å². The predicted molar refractivity (Wildman–Crippen MR) is 81.6 cm³/mol. The van der Waals surface area contributed by atoms with E-state index in [1.165, 1.54) is 6.20 Å². The molecule has 2 nitrogen and oxygen atoms in total. The van der Waals surface area contributed by atoms with Gasteiger partial charge >= 0.3 is 0 Å². The Balaban J connectivity index is 2.41. The van der Waals surface area contributed by atoms with Crippen molar-refractivity contribution >= 4 is 55.3 Å². The summed E-state index contributed by atoms with van der Waals surface area (Å²) in [6, 6.07) is 9.06. The van der Waals surface area contributed by atoms with Gasteiger partial charge in [-0.2, -0.15) is 0 Å². The van der Waals surface area contributed by atoms with Crippen LogP contribution in [-0.4, -0.2) is 10.1 Å². The molecular formula is C13H8Br2ClNO. The summed E-state index contributed by atoms with van der Waals surface area (Å²) < 4.78 is 1.77. The number of rotatable bonds is 2. The number of aliphatic hydroxyl groups excluding tert-OH is 1. The third-order valence-electron chi connectivity index (χ3n) is 2.27. The fourth-order valence-corrected chi connectivity index (χ4v) is 2.73. The third kappa shape index (κ3) is 3.13. The van der Waals surface area contributed by atoms with E-state index in [4.69, 9.17) is 11.6 Å². The monoisotopic (exact) mass is 387 g/mol. The van der Waals surface area contributed by atoms with Crippen LogP contribution in [0.25, 0.3) is 11.8 Å². The van der Waals surface area contributed by atoms with Crippen molar-refractivity contribution in [3.8, 4) is 0 Å². The summed E-state index contributed by atoms with van der Waals surface area (Å²) in [6.07, 6.45) is 3.14. The topological polar surface area (TPSA) is 33.1 Å². The molecular weight excluding hydrogens is 381 g/mol. The highest BCUT2D eigenvalue weighted by Crippen LogP contribution is 2.28. The quantitative estimate of drug-likeness (QED) is 0.706. The average molecular weight is 389 g/mol. The van der Waals surface area contributed by atoms with Crippen molar-refractivity contribution in [2.45, 2.75) is 0 Å². The van der Waals surface area contributed by atoms with E-state index in [1.54, 1.807) is 18.2 Å². The van der Waals surface area contributed by atoms with Crippen molar-refractivity contribution in [1.29, 1.82) is 0 Å². The molecule has 0 saturated heterocycles. The maximum Gasteiger partial charge on any atom is 0.141 e. The Hall–Kier alpha value is -0.840. The number of halogens is 3. The van der Waals surface area contributed by atoms with Gasteiger partial charge in [-0.3, -0.25) is 4.98 Å². The van der Waals surface area contributed by atoms with Crippen molar-refractivity contribution in [3.05, 3.63) is 61.8 Å². The molecule has 0 saturated carbocycles. The van der Waals surface area contributed by atoms with E-state index in [2.05, 4.69) is 36.8 Å². The largest absolute Gasteiger partial charge is 0.506 e. The smallest absolute Gasteiger partial charge is 0.141 e. The minimum atomic E-state index is 0.0827. The molecule has 1 N–H and O–H groups in total. The molecule has 0 atom stereocenters. The fourth-order valence-electron chi connectivity index (χ4n) is 1.39. The molecule has 2 rings (SSSR count). The molecule has 0 bridgehead atoms. The number of aliphatic hydroxyl groups is 1. The summed E-state index contributed by atoms with van der Waals surface area (Å²) in [5.41, 5.74) is 1.33. The Morgan fingerprint density at radius 2 is 1.83 bits per heavy atom. The van der Waals surface area contributed by atoms with Crippen molar-refractivity contribution in [3.63, 3.8) is 0 Å². The average Bonchev–Trinajstić information content (AvgIpc) is 2.34. The van der Waals surface area contributed by atoms with Crippen LogP contribution in [0, 0.1) is 0 Å². The summed E-state index contributed by atoms with van der Waals surface area (Å²) in [7, 11) is 0. The highest BCUT2D eigenvalue weighted by Gasteiger charge is 2.06. The van der Waals surface area contributed by atoms with Gasteiger partial charge in [0.05, 0.1) is 5.02 Å². The zero-order valence-corrected chi connectivity index (χ0v) is 13.0. The highest BCUT2D eigenvalue weighted by atomic mass is 79.9. The second-order valence-electron chi connectivity index (χ2n) is 3.53. The molecule has 92 valence electrons. The Kier molecular flexibility index (Phi) is 4.43. The van der Waals surface area contributed by atoms with Crippen molar-refractivity contribution in [2.75, 3.05) is 0 Å². The van der Waals surface area contributed by atoms with Crippen LogP contribution in [0.3, 0.4) is 0 Å². The molecule has 0 fully saturated rings. The number of hydrogen-bond acceptors (Lipinski definition) is 2. The first kappa shape index (κ1) is 13.6. The van der Waals surface area contributed by atoms with Crippen molar-refractivity contribution in [2.24, 2.45) is 0 Å². The highest BCUT2D eigenvalue weighted by molar-refractivity contribution is 9.11. The maximum atomic E-state index is 10.0. The zero-order chi connectivity index (χ0) is 13.1. The number of pyridine rings is 1. The molecule has 1 aromatic carbocycles. The van der Waals surface area contributed by atoms with Gasteiger partial charge in [0.15, 0.2) is 0 Å². The van der Waals surface area contributed by atoms with Gasteiger partial charge in [-0.1, -0.05) is 49.5 Å². The van der Waals surface area contributed by atoms with Crippen LogP contribution in [0.5, 0.6) is 0 Å². The van der Waals surface area contributed by atoms with Gasteiger partial charge in [-0.25, -0.2) is 0 Å². The SMILES string of the molecule is OC(=Cc1c(Br)cccc1Br)c1ccc(Cl)cn1. The van der Waals surface area contributed by atoms with E-state index in [-0.39, 0.29) is 5.76 Å². The van der Waals surface area contributed by atoms with Crippen LogP contribution < -0.4 is 0 Å². The summed E-state index contributed by atoms with van der Waals surface area (Å²) >= 11 is 12.6. The van der Waals surface area contributed by atoms with E-state index < -0.39 is 0 Å². The second-order valence-corrected chi connectivity index (χ2v) is 5.67. The molecule has 0 spiro atoms. The first-order chi connectivity index (χ1) is 8.58. The minimum Gasteiger partial charge on any atom is -0.506 e. The number of aromatic nitrogens is 1. The predicted octanol–water partition coefficient (Wildman–Crippen LogP) is 5.32. The lowest BCUT2D eigenvalue weighted by atomic mass is 10.2. The molecule has 0 aliphatic carbocycles. The van der Waals surface area contributed by atoms with Gasteiger partial charge in [0.25, 0.3) is 0 Å². The first-order valence-electron chi connectivity index (χ1n) is 5.04. The van der Waals surface area contributed by atoms with Gasteiger partial charge in [-0.05, 0) is 30.3 Å². The van der Waals surface area contributed by atoms with E-state index in [0.29, 0.717) is 10.7 Å². The lowest BCUT2D eigenvalue weighted by Crippen LogP contribution is -1.88. The molecule has 0 amide bonds. The molecule has 1 aromatic heterocycles. The summed E-state index contributed by atoms with van der Waals surface area (Å²) in [4.78, 5) is 4.05. The van der Waals surface area contributed by atoms with E-state index in [1.807, 2.05) is 18.2 Å². The van der Waals surface area contributed by atoms with E-state index >= 15 is 0 Å². The fraction of sp³-hybridized carbons (Fsp3) is 0. The normalized spacial score (nSPS) is 11.6. The van der Waals surface area contributed by atoms with Gasteiger partial charge in [0.1, 0.15) is 11.5 Å². The number of benzene rings is 1. The molecule has 18 heavy (non-hydrogen) atoms. The molecule has 5 heteroatoms. The van der Waals surface area contributed by atoms with Crippen LogP contribution in [0.2, 0.25) is 5.02 Å². The van der Waals surface area contributed by atoms with Crippen LogP contribution in [0.15, 0.2) is 45.5 Å². The van der Waals surface area contributed by atoms with Gasteiger partial charge in [0, 0.05) is 20.7 Å². The molecule has 1 heterocycles. The van der Waals surface area contributed by atoms with Gasteiger partial charge in [0.2, 0.25) is 0 Å². The Morgan fingerprint density at radius 3 is 2.39 bits per heavy atom. The Bertz CT molecular complexity index is 576. The Labute approximate surface area is 127 Å². The lowest BCUT2D eigenvalue weighted by Gasteiger charge is -2.04. The molecule has 0 aliphatic heterocycles. The van der Waals surface area contributed by atoms with Gasteiger partial charge < -0.3 is 5.11 Å². The molecule has 0 radical (unpaired) electrons. The van der Waals surface area contributed by atoms with Crippen LogP contribution in [0.1, 0.15) is 11.3 Å². The zero-order valence-electron chi connectivity index (χ0n) is 9.07. The first-order valence-corrected chi connectivity index (χ1v) is 7.01. The second kappa shape index (κ2) is 5.87. The van der Waals surface area contributed by atoms with Crippen LogP contribution in [-0.2, 0) is 0 Å². The third-order valence-corrected chi connectivity index (χ3v) is 3.88. The Morgan fingerprint density at radius 1 is 1.17 bits per heavy atom. The molecule has 2 aromatic rings. The molecule has 0 aliphatic rings. The lowest BCUT2D eigenvalue weighted by molar-refractivity contribution is 0.512. The summed E-state index contributed by atoms with van der Waals surface area (Å²) in [5, 5.41) is 10.6. The standard InChI is InChI=1S/C13H8Br2ClNO/c14-10-2-1-3-11(15)9(10)6-13(18)12-5-4-8(16)7-17-12/h1-7,18H. The molecule has 0 unspecified atom stereocenters. The van der Waals surface area contributed by atoms with E-state index in [9.17, 15) is 5.11 Å². The summed E-state index contributed by atoms with van der Waals surface area (Å²) in [6.45, 7) is 0. The number of hydrogen-bond donors (Lipinski definition) is 1. The van der Waals surface area contributed by atoms with Crippen molar-refractivity contribution < 1.29 is 5.11 Å². The van der Waals surface area contributed by atoms with E-state index in [0.717, 1.165) is 14.5 Å². The maximum absolute atomic E-state index is 10.0. The van der Waals surface area contributed by atoms with Crippen LogP contribution in [0.4, 0.5) is 0 Å². The van der Waals surface area contributed by atoms with Crippen molar-refractivity contribution in [1.82, 2.24) is 4.98 Å². The summed E-state index contributed by atoms with van der Waals surface area (Å²) in [5.74, 6) is 0.0827.